The average molecular weight is 701 g/mol. The molecule has 5 heterocycles. The Labute approximate surface area is 297 Å². The quantitative estimate of drug-likeness (QED) is 0.183. The van der Waals surface area contributed by atoms with Gasteiger partial charge in [0.25, 0.3) is 0 Å². The highest BCUT2D eigenvalue weighted by atomic mass is 19.1. The number of carbonyl (C=O) groups excluding carboxylic acids is 1. The van der Waals surface area contributed by atoms with Crippen molar-refractivity contribution in [3.8, 4) is 23.1 Å². The fourth-order valence-electron chi connectivity index (χ4n) is 9.36. The zero-order chi connectivity index (χ0) is 35.4. The molecule has 2 bridgehead atoms. The van der Waals surface area contributed by atoms with Crippen molar-refractivity contribution in [3.63, 3.8) is 0 Å². The van der Waals surface area contributed by atoms with E-state index >= 15 is 8.78 Å². The molecule has 3 saturated heterocycles. The number of rotatable bonds is 9. The van der Waals surface area contributed by atoms with Crippen LogP contribution in [0.5, 0.6) is 11.9 Å². The van der Waals surface area contributed by atoms with Crippen molar-refractivity contribution in [1.82, 2.24) is 24.8 Å². The van der Waals surface area contributed by atoms with Gasteiger partial charge in [-0.1, -0.05) is 31.2 Å². The Morgan fingerprint density at radius 2 is 1.82 bits per heavy atom. The summed E-state index contributed by atoms with van der Waals surface area (Å²) in [6.07, 6.45) is 7.34. The van der Waals surface area contributed by atoms with Gasteiger partial charge in [-0.05, 0) is 92.1 Å². The van der Waals surface area contributed by atoms with Gasteiger partial charge < -0.3 is 24.0 Å². The van der Waals surface area contributed by atoms with Crippen LogP contribution >= 0.6 is 0 Å². The minimum absolute atomic E-state index is 0.0473. The number of hydrogen-bond acceptors (Lipinski definition) is 9. The maximum Gasteiger partial charge on any atom is 0.409 e. The Kier molecular flexibility index (Phi) is 8.84. The van der Waals surface area contributed by atoms with E-state index in [1.54, 1.807) is 26.2 Å². The molecule has 0 spiro atoms. The number of ether oxygens (including phenoxy) is 3. The van der Waals surface area contributed by atoms with Crippen molar-refractivity contribution in [1.29, 1.82) is 0 Å². The van der Waals surface area contributed by atoms with Crippen molar-refractivity contribution >= 4 is 33.6 Å². The first-order valence-corrected chi connectivity index (χ1v) is 18.3. The number of fused-ring (bicyclic) bond motifs is 5. The van der Waals surface area contributed by atoms with E-state index in [1.165, 1.54) is 37.3 Å². The number of pyridine rings is 1. The van der Waals surface area contributed by atoms with Gasteiger partial charge in [-0.3, -0.25) is 4.90 Å². The SMILES string of the molecule is CCc1c(F)ccc2cccc(-c3nc(OC)c4c(N5CC6CCC(C6)C5)nc(OC[C@]56CCCN5[C@@H](COC(=O)N(C)C)CC6)nc4c3F)c12. The number of halogens is 2. The first-order valence-electron chi connectivity index (χ1n) is 18.3. The molecule has 4 aliphatic rings. The van der Waals surface area contributed by atoms with Crippen LogP contribution in [0.4, 0.5) is 19.4 Å². The minimum Gasteiger partial charge on any atom is -0.480 e. The summed E-state index contributed by atoms with van der Waals surface area (Å²) in [6, 6.07) is 8.89. The summed E-state index contributed by atoms with van der Waals surface area (Å²) in [7, 11) is 4.89. The number of aromatic nitrogens is 3. The molecule has 2 aromatic heterocycles. The van der Waals surface area contributed by atoms with Crippen molar-refractivity contribution in [2.75, 3.05) is 59.0 Å². The number of benzene rings is 2. The van der Waals surface area contributed by atoms with Crippen LogP contribution in [0.1, 0.15) is 57.4 Å². The molecule has 51 heavy (non-hydrogen) atoms. The Balaban J connectivity index is 1.21. The lowest BCUT2D eigenvalue weighted by atomic mass is 9.94. The molecular formula is C39H46F2N6O4. The van der Waals surface area contributed by atoms with Gasteiger partial charge >= 0.3 is 12.1 Å². The second kappa shape index (κ2) is 13.3. The largest absolute Gasteiger partial charge is 0.480 e. The monoisotopic (exact) mass is 700 g/mol. The number of anilines is 1. The fourth-order valence-corrected chi connectivity index (χ4v) is 9.36. The topological polar surface area (TPSA) is 93.2 Å². The summed E-state index contributed by atoms with van der Waals surface area (Å²) >= 11 is 0. The molecule has 4 atom stereocenters. The fraction of sp³-hybridized carbons (Fsp3) is 0.538. The van der Waals surface area contributed by atoms with Gasteiger partial charge in [0.2, 0.25) is 5.88 Å². The molecule has 1 aliphatic carbocycles. The van der Waals surface area contributed by atoms with Crippen LogP contribution in [-0.4, -0.2) is 96.5 Å². The zero-order valence-electron chi connectivity index (χ0n) is 29.9. The molecule has 2 aromatic carbocycles. The van der Waals surface area contributed by atoms with Crippen LogP contribution in [0.2, 0.25) is 0 Å². The van der Waals surface area contributed by atoms with Crippen LogP contribution in [0.3, 0.4) is 0 Å². The minimum atomic E-state index is -0.623. The first kappa shape index (κ1) is 33.8. The summed E-state index contributed by atoms with van der Waals surface area (Å²) in [5, 5.41) is 1.84. The van der Waals surface area contributed by atoms with Crippen LogP contribution in [0, 0.1) is 23.5 Å². The molecule has 10 nitrogen and oxygen atoms in total. The molecular weight excluding hydrogens is 654 g/mol. The highest BCUT2D eigenvalue weighted by Crippen LogP contribution is 2.46. The van der Waals surface area contributed by atoms with Crippen molar-refractivity contribution in [2.45, 2.75) is 69.9 Å². The lowest BCUT2D eigenvalue weighted by Gasteiger charge is -2.35. The van der Waals surface area contributed by atoms with Gasteiger partial charge in [0, 0.05) is 38.8 Å². The van der Waals surface area contributed by atoms with Gasteiger partial charge in [-0.2, -0.15) is 9.97 Å². The summed E-state index contributed by atoms with van der Waals surface area (Å²) in [5.41, 5.74) is 0.855. The number of amides is 1. The smallest absolute Gasteiger partial charge is 0.409 e. The Morgan fingerprint density at radius 1 is 1.02 bits per heavy atom. The lowest BCUT2D eigenvalue weighted by molar-refractivity contribution is 0.0484. The first-order chi connectivity index (χ1) is 24.7. The molecule has 0 N–H and O–H groups in total. The van der Waals surface area contributed by atoms with Crippen molar-refractivity contribution in [3.05, 3.63) is 47.5 Å². The standard InChI is InChI=1S/C39H46F2N6O4/c1-5-27-29(40)13-12-25-8-6-9-28(30(25)27)33-32(41)34-31(36(42-33)49-4)35(46-19-23-10-11-24(18-23)20-46)44-37(43-34)51-22-39-15-7-17-47(39)26(14-16-39)21-50-38(48)45(2)3/h6,8-9,12-13,23-24,26H,5,7,10-11,14-22H2,1-4H3/t23?,24?,26-,39-/m1/s1. The number of hydrogen-bond donors (Lipinski definition) is 0. The van der Waals surface area contributed by atoms with E-state index < -0.39 is 5.82 Å². The second-order valence-corrected chi connectivity index (χ2v) is 15.0. The van der Waals surface area contributed by atoms with Crippen molar-refractivity contribution < 1.29 is 27.8 Å². The number of aryl methyl sites for hydroxylation is 1. The van der Waals surface area contributed by atoms with Gasteiger partial charge in [0.15, 0.2) is 5.82 Å². The molecule has 0 radical (unpaired) electrons. The molecule has 3 aliphatic heterocycles. The molecule has 4 fully saturated rings. The maximum atomic E-state index is 17.2. The van der Waals surface area contributed by atoms with E-state index in [9.17, 15) is 4.79 Å². The predicted octanol–water partition coefficient (Wildman–Crippen LogP) is 7.00. The number of carbonyl (C=O) groups is 1. The molecule has 8 rings (SSSR count). The maximum absolute atomic E-state index is 17.2. The summed E-state index contributed by atoms with van der Waals surface area (Å²) in [5.74, 6) is 0.918. The van der Waals surface area contributed by atoms with Crippen molar-refractivity contribution in [2.24, 2.45) is 11.8 Å². The van der Waals surface area contributed by atoms with Gasteiger partial charge in [0.1, 0.15) is 41.4 Å². The van der Waals surface area contributed by atoms with Gasteiger partial charge in [-0.25, -0.2) is 18.6 Å². The third-order valence-corrected chi connectivity index (χ3v) is 11.8. The second-order valence-electron chi connectivity index (χ2n) is 15.0. The highest BCUT2D eigenvalue weighted by Gasteiger charge is 2.50. The Morgan fingerprint density at radius 3 is 2.57 bits per heavy atom. The van der Waals surface area contributed by atoms with Gasteiger partial charge in [-0.15, -0.1) is 0 Å². The molecule has 270 valence electrons. The highest BCUT2D eigenvalue weighted by molar-refractivity contribution is 6.02. The van der Waals surface area contributed by atoms with E-state index in [4.69, 9.17) is 29.2 Å². The number of nitrogens with zero attached hydrogens (tertiary/aromatic N) is 6. The van der Waals surface area contributed by atoms with E-state index in [1.807, 2.05) is 19.1 Å². The third kappa shape index (κ3) is 5.89. The number of methoxy groups -OCH3 is 1. The van der Waals surface area contributed by atoms with E-state index in [-0.39, 0.29) is 46.6 Å². The molecule has 1 saturated carbocycles. The molecule has 4 aromatic rings. The lowest BCUT2D eigenvalue weighted by Crippen LogP contribution is -2.48. The van der Waals surface area contributed by atoms with E-state index in [0.29, 0.717) is 59.2 Å². The summed E-state index contributed by atoms with van der Waals surface area (Å²) in [4.78, 5) is 32.8. The predicted molar refractivity (Wildman–Crippen MR) is 191 cm³/mol. The molecule has 1 amide bonds. The summed E-state index contributed by atoms with van der Waals surface area (Å²) in [6.45, 7) is 5.05. The van der Waals surface area contributed by atoms with E-state index in [2.05, 4.69) is 9.80 Å². The zero-order valence-corrected chi connectivity index (χ0v) is 29.9. The average Bonchev–Trinajstić information content (AvgIpc) is 3.82. The van der Waals surface area contributed by atoms with Crippen LogP contribution < -0.4 is 14.4 Å². The number of piperidine rings is 1. The van der Waals surface area contributed by atoms with E-state index in [0.717, 1.165) is 50.7 Å². The Hall–Kier alpha value is -4.32. The molecule has 2 unspecified atom stereocenters. The van der Waals surface area contributed by atoms with Crippen LogP contribution in [-0.2, 0) is 11.2 Å². The van der Waals surface area contributed by atoms with Crippen LogP contribution in [0.25, 0.3) is 32.9 Å². The normalized spacial score (nSPS) is 24.4. The third-order valence-electron chi connectivity index (χ3n) is 11.8. The Bertz CT molecular complexity index is 1980. The van der Waals surface area contributed by atoms with Gasteiger partial charge in [0.05, 0.1) is 12.6 Å². The summed E-state index contributed by atoms with van der Waals surface area (Å²) < 4.78 is 50.3. The van der Waals surface area contributed by atoms with Crippen LogP contribution in [0.15, 0.2) is 30.3 Å². The molecule has 12 heteroatoms.